The molecule has 1 aliphatic heterocycles. The van der Waals surface area contributed by atoms with E-state index in [1.54, 1.807) is 0 Å². The first-order valence-electron chi connectivity index (χ1n) is 9.01. The average molecular weight is 313 g/mol. The largest absolute Gasteiger partial charge is 0.382 e. The maximum atomic E-state index is 5.36. The van der Waals surface area contributed by atoms with Crippen LogP contribution < -0.4 is 10.6 Å². The summed E-state index contributed by atoms with van der Waals surface area (Å²) < 4.78 is 5.36. The van der Waals surface area contributed by atoms with Crippen molar-refractivity contribution in [3.8, 4) is 0 Å². The van der Waals surface area contributed by atoms with Crippen LogP contribution in [-0.2, 0) is 4.74 Å². The summed E-state index contributed by atoms with van der Waals surface area (Å²) >= 11 is 0. The molecule has 1 aliphatic rings. The number of ether oxygens (including phenoxy) is 1. The summed E-state index contributed by atoms with van der Waals surface area (Å²) in [4.78, 5) is 7.35. The Bertz CT molecular complexity index is 307. The zero-order valence-electron chi connectivity index (χ0n) is 15.0. The second kappa shape index (κ2) is 11.7. The standard InChI is InChI=1S/C17H36N4O/c1-5-18-17(19-10-8-12-22-6-2)20-13-16-9-7-11-21(14-16)15(3)4/h15-16H,5-14H2,1-4H3,(H2,18,19,20). The van der Waals surface area contributed by atoms with E-state index < -0.39 is 0 Å². The van der Waals surface area contributed by atoms with Crippen LogP contribution in [0.1, 0.15) is 47.0 Å². The Morgan fingerprint density at radius 1 is 1.32 bits per heavy atom. The molecule has 1 rings (SSSR count). The summed E-state index contributed by atoms with van der Waals surface area (Å²) in [6.45, 7) is 15.5. The third-order valence-corrected chi connectivity index (χ3v) is 4.09. The van der Waals surface area contributed by atoms with E-state index in [4.69, 9.17) is 9.73 Å². The molecule has 0 aliphatic carbocycles. The van der Waals surface area contributed by atoms with Crippen molar-refractivity contribution in [2.75, 3.05) is 45.9 Å². The first-order valence-corrected chi connectivity index (χ1v) is 9.01. The molecule has 22 heavy (non-hydrogen) atoms. The quantitative estimate of drug-likeness (QED) is 0.389. The Morgan fingerprint density at radius 2 is 2.14 bits per heavy atom. The first-order chi connectivity index (χ1) is 10.7. The fourth-order valence-electron chi connectivity index (χ4n) is 2.80. The molecule has 1 atom stereocenters. The molecule has 0 saturated carbocycles. The number of nitrogens with one attached hydrogen (secondary N) is 2. The number of hydrogen-bond donors (Lipinski definition) is 2. The minimum atomic E-state index is 0.650. The van der Waals surface area contributed by atoms with Crippen molar-refractivity contribution in [1.29, 1.82) is 0 Å². The van der Waals surface area contributed by atoms with E-state index in [1.165, 1.54) is 25.9 Å². The molecule has 0 amide bonds. The van der Waals surface area contributed by atoms with Gasteiger partial charge < -0.3 is 20.3 Å². The number of aliphatic imine (C=N–C) groups is 1. The molecular weight excluding hydrogens is 276 g/mol. The van der Waals surface area contributed by atoms with Gasteiger partial charge in [0.1, 0.15) is 0 Å². The van der Waals surface area contributed by atoms with Crippen LogP contribution in [0.2, 0.25) is 0 Å². The number of rotatable bonds is 9. The molecule has 5 nitrogen and oxygen atoms in total. The van der Waals surface area contributed by atoms with E-state index in [0.717, 1.165) is 45.2 Å². The van der Waals surface area contributed by atoms with Gasteiger partial charge in [-0.3, -0.25) is 4.99 Å². The summed E-state index contributed by atoms with van der Waals surface area (Å²) in [6.07, 6.45) is 3.62. The van der Waals surface area contributed by atoms with Gasteiger partial charge in [0.25, 0.3) is 0 Å². The van der Waals surface area contributed by atoms with E-state index >= 15 is 0 Å². The van der Waals surface area contributed by atoms with Crippen molar-refractivity contribution in [2.45, 2.75) is 53.0 Å². The van der Waals surface area contributed by atoms with Gasteiger partial charge in [-0.25, -0.2) is 0 Å². The van der Waals surface area contributed by atoms with Crippen LogP contribution in [-0.4, -0.2) is 62.8 Å². The number of piperidine rings is 1. The van der Waals surface area contributed by atoms with Crippen LogP contribution in [0.25, 0.3) is 0 Å². The SMILES string of the molecule is CCNC(=NCC1CCCN(C(C)C)C1)NCCCOCC. The van der Waals surface area contributed by atoms with E-state index in [2.05, 4.69) is 36.3 Å². The second-order valence-electron chi connectivity index (χ2n) is 6.29. The predicted octanol–water partition coefficient (Wildman–Crippen LogP) is 2.09. The van der Waals surface area contributed by atoms with Crippen molar-refractivity contribution in [3.05, 3.63) is 0 Å². The van der Waals surface area contributed by atoms with Crippen LogP contribution in [0.3, 0.4) is 0 Å². The zero-order valence-corrected chi connectivity index (χ0v) is 15.0. The Morgan fingerprint density at radius 3 is 2.82 bits per heavy atom. The highest BCUT2D eigenvalue weighted by Crippen LogP contribution is 2.18. The summed E-state index contributed by atoms with van der Waals surface area (Å²) in [5.41, 5.74) is 0. The van der Waals surface area contributed by atoms with Crippen molar-refractivity contribution in [1.82, 2.24) is 15.5 Å². The van der Waals surface area contributed by atoms with Crippen LogP contribution >= 0.6 is 0 Å². The minimum absolute atomic E-state index is 0.650. The molecule has 0 aromatic rings. The van der Waals surface area contributed by atoms with E-state index in [-0.39, 0.29) is 0 Å². The number of guanidine groups is 1. The fraction of sp³-hybridized carbons (Fsp3) is 0.941. The zero-order chi connectivity index (χ0) is 16.2. The molecule has 0 radical (unpaired) electrons. The van der Waals surface area contributed by atoms with Gasteiger partial charge in [-0.05, 0) is 59.4 Å². The summed E-state index contributed by atoms with van der Waals surface area (Å²) in [6, 6.07) is 0.650. The first kappa shape index (κ1) is 19.2. The number of nitrogens with zero attached hydrogens (tertiary/aromatic N) is 2. The molecule has 1 heterocycles. The maximum Gasteiger partial charge on any atom is 0.191 e. The van der Waals surface area contributed by atoms with Crippen molar-refractivity contribution in [3.63, 3.8) is 0 Å². The van der Waals surface area contributed by atoms with Crippen LogP contribution in [0.15, 0.2) is 4.99 Å². The average Bonchev–Trinajstić information content (AvgIpc) is 2.52. The molecule has 2 N–H and O–H groups in total. The van der Waals surface area contributed by atoms with E-state index in [1.807, 2.05) is 6.92 Å². The third kappa shape index (κ3) is 7.99. The van der Waals surface area contributed by atoms with Crippen LogP contribution in [0.4, 0.5) is 0 Å². The van der Waals surface area contributed by atoms with Gasteiger partial charge in [0, 0.05) is 45.4 Å². The van der Waals surface area contributed by atoms with Crippen molar-refractivity contribution >= 4 is 5.96 Å². The lowest BCUT2D eigenvalue weighted by Crippen LogP contribution is -2.42. The van der Waals surface area contributed by atoms with Crippen LogP contribution in [0.5, 0.6) is 0 Å². The fourth-order valence-corrected chi connectivity index (χ4v) is 2.80. The van der Waals surface area contributed by atoms with Gasteiger partial charge in [0.15, 0.2) is 5.96 Å². The number of likely N-dealkylation sites (tertiary alicyclic amines) is 1. The van der Waals surface area contributed by atoms with Gasteiger partial charge >= 0.3 is 0 Å². The molecule has 130 valence electrons. The highest BCUT2D eigenvalue weighted by molar-refractivity contribution is 5.79. The molecule has 1 unspecified atom stereocenters. The predicted molar refractivity (Wildman–Crippen MR) is 94.5 cm³/mol. The van der Waals surface area contributed by atoms with Gasteiger partial charge in [0.2, 0.25) is 0 Å². The lowest BCUT2D eigenvalue weighted by molar-refractivity contribution is 0.143. The monoisotopic (exact) mass is 312 g/mol. The highest BCUT2D eigenvalue weighted by atomic mass is 16.5. The van der Waals surface area contributed by atoms with E-state index in [0.29, 0.717) is 12.0 Å². The van der Waals surface area contributed by atoms with Gasteiger partial charge in [0.05, 0.1) is 0 Å². The Hall–Kier alpha value is -0.810. The lowest BCUT2D eigenvalue weighted by Gasteiger charge is -2.34. The summed E-state index contributed by atoms with van der Waals surface area (Å²) in [7, 11) is 0. The second-order valence-corrected chi connectivity index (χ2v) is 6.29. The van der Waals surface area contributed by atoms with E-state index in [9.17, 15) is 0 Å². The third-order valence-electron chi connectivity index (χ3n) is 4.09. The lowest BCUT2D eigenvalue weighted by atomic mass is 9.97. The molecule has 1 fully saturated rings. The van der Waals surface area contributed by atoms with Crippen molar-refractivity contribution < 1.29 is 4.74 Å². The Balaban J connectivity index is 2.34. The molecule has 0 bridgehead atoms. The molecule has 5 heteroatoms. The molecule has 0 aromatic heterocycles. The van der Waals surface area contributed by atoms with Crippen LogP contribution in [0, 0.1) is 5.92 Å². The summed E-state index contributed by atoms with van der Waals surface area (Å²) in [5.74, 6) is 1.63. The van der Waals surface area contributed by atoms with Gasteiger partial charge in [-0.2, -0.15) is 0 Å². The smallest absolute Gasteiger partial charge is 0.191 e. The molecule has 0 spiro atoms. The minimum Gasteiger partial charge on any atom is -0.382 e. The van der Waals surface area contributed by atoms with Crippen molar-refractivity contribution in [2.24, 2.45) is 10.9 Å². The van der Waals surface area contributed by atoms with Gasteiger partial charge in [-0.15, -0.1) is 0 Å². The Kier molecular flexibility index (Phi) is 10.2. The Labute approximate surface area is 136 Å². The molecule has 0 aromatic carbocycles. The highest BCUT2D eigenvalue weighted by Gasteiger charge is 2.21. The maximum absolute atomic E-state index is 5.36. The molecular formula is C17H36N4O. The van der Waals surface area contributed by atoms with Gasteiger partial charge in [-0.1, -0.05) is 0 Å². The molecule has 1 saturated heterocycles. The summed E-state index contributed by atoms with van der Waals surface area (Å²) in [5, 5.41) is 6.73. The number of hydrogen-bond acceptors (Lipinski definition) is 3. The normalized spacial score (nSPS) is 20.4. The topological polar surface area (TPSA) is 48.9 Å².